The second-order valence-corrected chi connectivity index (χ2v) is 4.29. The predicted octanol–water partition coefficient (Wildman–Crippen LogP) is 2.51. The van der Waals surface area contributed by atoms with Crippen molar-refractivity contribution in [1.29, 1.82) is 0 Å². The molecule has 0 saturated heterocycles. The molecule has 1 heterocycles. The topological polar surface area (TPSA) is 82.5 Å². The van der Waals surface area contributed by atoms with Gasteiger partial charge in [-0.25, -0.2) is 4.98 Å². The van der Waals surface area contributed by atoms with E-state index in [0.29, 0.717) is 10.4 Å². The summed E-state index contributed by atoms with van der Waals surface area (Å²) in [5.41, 5.74) is -0.0169. The van der Waals surface area contributed by atoms with Gasteiger partial charge in [0.1, 0.15) is 10.4 Å². The van der Waals surface area contributed by atoms with Crippen molar-refractivity contribution in [1.82, 2.24) is 4.98 Å². The van der Waals surface area contributed by atoms with Gasteiger partial charge in [0.2, 0.25) is 0 Å². The van der Waals surface area contributed by atoms with Crippen molar-refractivity contribution < 1.29 is 15.0 Å². The number of pyridine rings is 1. The van der Waals surface area contributed by atoms with E-state index in [4.69, 9.17) is 0 Å². The van der Waals surface area contributed by atoms with Crippen LogP contribution >= 0.6 is 15.9 Å². The number of para-hydroxylation sites is 1. The number of anilines is 1. The summed E-state index contributed by atoms with van der Waals surface area (Å²) in [6, 6.07) is 9.23. The van der Waals surface area contributed by atoms with Crippen molar-refractivity contribution >= 4 is 27.7 Å². The molecule has 5 nitrogen and oxygen atoms in total. The van der Waals surface area contributed by atoms with Crippen molar-refractivity contribution in [3.8, 4) is 11.5 Å². The van der Waals surface area contributed by atoms with E-state index in [1.165, 1.54) is 18.2 Å². The number of halogens is 1. The van der Waals surface area contributed by atoms with Gasteiger partial charge in [0.05, 0.1) is 5.56 Å². The lowest BCUT2D eigenvalue weighted by Gasteiger charge is -2.07. The third-order valence-corrected chi connectivity index (χ3v) is 2.66. The number of amides is 1. The number of phenols is 2. The Hall–Kier alpha value is -2.08. The Balaban J connectivity index is 2.25. The van der Waals surface area contributed by atoms with Crippen LogP contribution in [0, 0.1) is 0 Å². The summed E-state index contributed by atoms with van der Waals surface area (Å²) in [4.78, 5) is 15.9. The van der Waals surface area contributed by atoms with Gasteiger partial charge < -0.3 is 15.5 Å². The van der Waals surface area contributed by atoms with Gasteiger partial charge in [-0.15, -0.1) is 0 Å². The van der Waals surface area contributed by atoms with Crippen LogP contribution < -0.4 is 5.32 Å². The summed E-state index contributed by atoms with van der Waals surface area (Å²) in [7, 11) is 0. The number of benzene rings is 1. The summed E-state index contributed by atoms with van der Waals surface area (Å²) in [6.45, 7) is 0. The number of nitrogens with one attached hydrogen (secondary N) is 1. The Morgan fingerprint density at radius 2 is 1.89 bits per heavy atom. The van der Waals surface area contributed by atoms with Crippen LogP contribution in [0.1, 0.15) is 10.4 Å². The van der Waals surface area contributed by atoms with E-state index in [9.17, 15) is 15.0 Å². The van der Waals surface area contributed by atoms with Crippen LogP contribution in [0.4, 0.5) is 5.82 Å². The minimum Gasteiger partial charge on any atom is -0.504 e. The van der Waals surface area contributed by atoms with Crippen molar-refractivity contribution in [2.24, 2.45) is 0 Å². The monoisotopic (exact) mass is 308 g/mol. The van der Waals surface area contributed by atoms with Crippen LogP contribution in [0.15, 0.2) is 41.0 Å². The maximum absolute atomic E-state index is 11.9. The minimum absolute atomic E-state index is 0.0169. The smallest absolute Gasteiger partial charge is 0.260 e. The van der Waals surface area contributed by atoms with E-state index in [0.717, 1.165) is 0 Å². The second kappa shape index (κ2) is 5.05. The summed E-state index contributed by atoms with van der Waals surface area (Å²) in [5.74, 6) is -0.999. The Kier molecular flexibility index (Phi) is 3.47. The Bertz CT molecular complexity index is 602. The molecular formula is C12H9BrN2O3. The average molecular weight is 309 g/mol. The molecule has 0 atom stereocenters. The summed E-state index contributed by atoms with van der Waals surface area (Å²) in [6.07, 6.45) is 0. The third kappa shape index (κ3) is 2.60. The van der Waals surface area contributed by atoms with Crippen LogP contribution in [-0.4, -0.2) is 21.1 Å². The van der Waals surface area contributed by atoms with Crippen LogP contribution in [0.2, 0.25) is 0 Å². The minimum atomic E-state index is -0.547. The molecule has 0 aliphatic rings. The first-order chi connectivity index (χ1) is 8.58. The zero-order chi connectivity index (χ0) is 13.1. The highest BCUT2D eigenvalue weighted by Gasteiger charge is 2.14. The zero-order valence-corrected chi connectivity index (χ0v) is 10.7. The van der Waals surface area contributed by atoms with Crippen molar-refractivity contribution in [3.05, 3.63) is 46.6 Å². The number of carbonyl (C=O) groups is 1. The molecule has 0 fully saturated rings. The van der Waals surface area contributed by atoms with Gasteiger partial charge >= 0.3 is 0 Å². The molecule has 0 spiro atoms. The molecule has 92 valence electrons. The fraction of sp³-hybridized carbons (Fsp3) is 0. The number of nitrogens with zero attached hydrogens (tertiary/aromatic N) is 1. The highest BCUT2D eigenvalue weighted by Crippen LogP contribution is 2.28. The van der Waals surface area contributed by atoms with Gasteiger partial charge in [-0.2, -0.15) is 0 Å². The van der Waals surface area contributed by atoms with E-state index in [1.807, 2.05) is 0 Å². The molecule has 0 aliphatic heterocycles. The first-order valence-corrected chi connectivity index (χ1v) is 5.82. The van der Waals surface area contributed by atoms with Crippen LogP contribution in [0.5, 0.6) is 11.5 Å². The lowest BCUT2D eigenvalue weighted by Crippen LogP contribution is -2.13. The molecule has 2 rings (SSSR count). The highest BCUT2D eigenvalue weighted by atomic mass is 79.9. The van der Waals surface area contributed by atoms with Crippen LogP contribution in [0.25, 0.3) is 0 Å². The molecule has 1 aromatic heterocycles. The third-order valence-electron chi connectivity index (χ3n) is 2.22. The number of carbonyl (C=O) groups excluding carboxylic acids is 1. The lowest BCUT2D eigenvalue weighted by molar-refractivity contribution is 0.102. The number of aromatic hydroxyl groups is 2. The Labute approximate surface area is 111 Å². The number of rotatable bonds is 2. The number of phenolic OH excluding ortho intramolecular Hbond substituents is 2. The first-order valence-electron chi connectivity index (χ1n) is 5.03. The van der Waals surface area contributed by atoms with E-state index >= 15 is 0 Å². The summed E-state index contributed by atoms with van der Waals surface area (Å²) in [5, 5.41) is 21.4. The van der Waals surface area contributed by atoms with Gasteiger partial charge in [0.15, 0.2) is 11.5 Å². The van der Waals surface area contributed by atoms with Crippen LogP contribution in [-0.2, 0) is 0 Å². The molecular weight excluding hydrogens is 300 g/mol. The molecule has 0 aliphatic carbocycles. The fourth-order valence-electron chi connectivity index (χ4n) is 1.38. The van der Waals surface area contributed by atoms with Crippen molar-refractivity contribution in [2.45, 2.75) is 0 Å². The molecule has 3 N–H and O–H groups in total. The SMILES string of the molecule is O=C(Nc1cccc(Br)n1)c1cccc(O)c1O. The molecule has 0 unspecified atom stereocenters. The van der Waals surface area contributed by atoms with Gasteiger partial charge in [-0.1, -0.05) is 12.1 Å². The van der Waals surface area contributed by atoms with Crippen molar-refractivity contribution in [3.63, 3.8) is 0 Å². The Morgan fingerprint density at radius 3 is 2.61 bits per heavy atom. The molecule has 1 amide bonds. The summed E-state index contributed by atoms with van der Waals surface area (Å²) >= 11 is 3.18. The van der Waals surface area contributed by atoms with Crippen LogP contribution in [0.3, 0.4) is 0 Å². The standard InChI is InChI=1S/C12H9BrN2O3/c13-9-5-2-6-10(14-9)15-12(18)7-3-1-4-8(16)11(7)17/h1-6,16-17H,(H,14,15,18). The van der Waals surface area contributed by atoms with Gasteiger partial charge in [0.25, 0.3) is 5.91 Å². The van der Waals surface area contributed by atoms with E-state index in [-0.39, 0.29) is 11.3 Å². The van der Waals surface area contributed by atoms with Gasteiger partial charge in [-0.05, 0) is 40.2 Å². The van der Waals surface area contributed by atoms with E-state index in [2.05, 4.69) is 26.2 Å². The molecule has 0 bridgehead atoms. The highest BCUT2D eigenvalue weighted by molar-refractivity contribution is 9.10. The molecule has 2 aromatic rings. The largest absolute Gasteiger partial charge is 0.504 e. The first kappa shape index (κ1) is 12.4. The molecule has 1 aromatic carbocycles. The molecule has 0 radical (unpaired) electrons. The normalized spacial score (nSPS) is 10.1. The quantitative estimate of drug-likeness (QED) is 0.588. The molecule has 0 saturated carbocycles. The fourth-order valence-corrected chi connectivity index (χ4v) is 1.72. The molecule has 18 heavy (non-hydrogen) atoms. The average Bonchev–Trinajstić information content (AvgIpc) is 2.32. The number of aromatic nitrogens is 1. The molecule has 6 heteroatoms. The van der Waals surface area contributed by atoms with E-state index < -0.39 is 11.7 Å². The second-order valence-electron chi connectivity index (χ2n) is 3.47. The maximum atomic E-state index is 11.9. The number of hydrogen-bond acceptors (Lipinski definition) is 4. The van der Waals surface area contributed by atoms with Crippen molar-refractivity contribution in [2.75, 3.05) is 5.32 Å². The lowest BCUT2D eigenvalue weighted by atomic mass is 10.1. The zero-order valence-electron chi connectivity index (χ0n) is 9.09. The maximum Gasteiger partial charge on any atom is 0.260 e. The summed E-state index contributed by atoms with van der Waals surface area (Å²) < 4.78 is 0.584. The van der Waals surface area contributed by atoms with Gasteiger partial charge in [-0.3, -0.25) is 4.79 Å². The Morgan fingerprint density at radius 1 is 1.17 bits per heavy atom. The number of hydrogen-bond donors (Lipinski definition) is 3. The predicted molar refractivity (Wildman–Crippen MR) is 69.7 cm³/mol. The van der Waals surface area contributed by atoms with Gasteiger partial charge in [0, 0.05) is 0 Å². The van der Waals surface area contributed by atoms with E-state index in [1.54, 1.807) is 18.2 Å².